The van der Waals surface area contributed by atoms with E-state index in [0.717, 1.165) is 11.8 Å². The van der Waals surface area contributed by atoms with E-state index in [1.807, 2.05) is 0 Å². The van der Waals surface area contributed by atoms with Crippen LogP contribution < -0.4 is 4.74 Å². The molecule has 5 nitrogen and oxygen atoms in total. The minimum atomic E-state index is -1.35. The fraction of sp³-hybridized carbons (Fsp3) is 0.464. The summed E-state index contributed by atoms with van der Waals surface area (Å²) in [6.45, 7) is 1.53. The number of aromatic nitrogens is 1. The average Bonchev–Trinajstić information content (AvgIpc) is 2.92. The van der Waals surface area contributed by atoms with Crippen molar-refractivity contribution in [2.24, 2.45) is 5.41 Å². The highest BCUT2D eigenvalue weighted by Crippen LogP contribution is 2.41. The number of alkyl halides is 1. The van der Waals surface area contributed by atoms with E-state index in [9.17, 15) is 23.4 Å². The molecule has 1 aliphatic heterocycles. The molecular weight excluding hydrogens is 520 g/mol. The second-order valence-electron chi connectivity index (χ2n) is 9.79. The van der Waals surface area contributed by atoms with Gasteiger partial charge < -0.3 is 19.8 Å². The van der Waals surface area contributed by atoms with Crippen LogP contribution in [-0.2, 0) is 6.61 Å². The summed E-state index contributed by atoms with van der Waals surface area (Å²) in [5, 5.41) is 20.7. The van der Waals surface area contributed by atoms with E-state index in [-0.39, 0.29) is 24.5 Å². The minimum absolute atomic E-state index is 0.0634. The number of thioether (sulfide) groups is 1. The van der Waals surface area contributed by atoms with Gasteiger partial charge in [0.1, 0.15) is 29.4 Å². The molecule has 10 heteroatoms. The van der Waals surface area contributed by atoms with E-state index in [0.29, 0.717) is 84.6 Å². The lowest BCUT2D eigenvalue weighted by Gasteiger charge is -2.41. The zero-order valence-corrected chi connectivity index (χ0v) is 22.0. The Hall–Kier alpha value is -2.40. The van der Waals surface area contributed by atoms with Crippen LogP contribution in [0.1, 0.15) is 43.0 Å². The van der Waals surface area contributed by atoms with Crippen LogP contribution in [0, 0.1) is 22.9 Å². The van der Waals surface area contributed by atoms with Crippen molar-refractivity contribution in [3.8, 4) is 5.75 Å². The molecule has 0 radical (unpaired) electrons. The monoisotopic (exact) mass is 552 g/mol. The Kier molecular flexibility index (Phi) is 9.51. The molecule has 4 rings (SSSR count). The van der Waals surface area contributed by atoms with Gasteiger partial charge in [0.15, 0.2) is 0 Å². The zero-order chi connectivity index (χ0) is 27.3. The number of methoxy groups -OCH3 is 1. The van der Waals surface area contributed by atoms with Crippen LogP contribution in [0.3, 0.4) is 0 Å². The molecule has 1 atom stereocenters. The molecule has 1 aliphatic rings. The number of piperidine rings is 1. The van der Waals surface area contributed by atoms with Crippen LogP contribution in [0.25, 0.3) is 10.9 Å². The fourth-order valence-electron chi connectivity index (χ4n) is 5.12. The summed E-state index contributed by atoms with van der Waals surface area (Å²) in [6.07, 6.45) is 2.13. The predicted molar refractivity (Wildman–Crippen MR) is 140 cm³/mol. The van der Waals surface area contributed by atoms with Crippen molar-refractivity contribution >= 4 is 22.7 Å². The first kappa shape index (κ1) is 28.6. The number of ether oxygens (including phenoxy) is 1. The van der Waals surface area contributed by atoms with Gasteiger partial charge in [0.2, 0.25) is 0 Å². The largest absolute Gasteiger partial charge is 0.497 e. The number of fused-ring (bicyclic) bond motifs is 1. The third kappa shape index (κ3) is 6.42. The highest BCUT2D eigenvalue weighted by Gasteiger charge is 2.35. The van der Waals surface area contributed by atoms with Crippen LogP contribution in [0.5, 0.6) is 5.75 Å². The number of likely N-dealkylation sites (tertiary alicyclic amines) is 1. The van der Waals surface area contributed by atoms with Gasteiger partial charge in [-0.05, 0) is 62.4 Å². The maximum atomic E-state index is 15.7. The molecular formula is C28H32F4N2O3S. The van der Waals surface area contributed by atoms with Gasteiger partial charge in [0.05, 0.1) is 24.1 Å². The van der Waals surface area contributed by atoms with Crippen molar-refractivity contribution in [3.05, 3.63) is 65.1 Å². The second-order valence-corrected chi connectivity index (χ2v) is 10.9. The minimum Gasteiger partial charge on any atom is -0.497 e. The van der Waals surface area contributed by atoms with Gasteiger partial charge in [-0.3, -0.25) is 4.98 Å². The van der Waals surface area contributed by atoms with Crippen molar-refractivity contribution in [2.75, 3.05) is 39.1 Å². The van der Waals surface area contributed by atoms with Gasteiger partial charge in [0.25, 0.3) is 0 Å². The van der Waals surface area contributed by atoms with E-state index in [4.69, 9.17) is 4.74 Å². The van der Waals surface area contributed by atoms with Gasteiger partial charge in [-0.1, -0.05) is 0 Å². The second kappa shape index (κ2) is 12.6. The first-order chi connectivity index (χ1) is 18.3. The number of aliphatic hydroxyl groups is 2. The Bertz CT molecular complexity index is 1230. The molecule has 206 valence electrons. The van der Waals surface area contributed by atoms with Gasteiger partial charge in [0, 0.05) is 53.7 Å². The molecule has 2 N–H and O–H groups in total. The van der Waals surface area contributed by atoms with Crippen molar-refractivity contribution in [3.63, 3.8) is 0 Å². The number of aliphatic hydroxyl groups excluding tert-OH is 2. The lowest BCUT2D eigenvalue weighted by Crippen LogP contribution is -2.43. The number of benzene rings is 2. The maximum Gasteiger partial charge on any atom is 0.142 e. The number of pyridine rings is 1. The fourth-order valence-corrected chi connectivity index (χ4v) is 6.06. The van der Waals surface area contributed by atoms with Crippen LogP contribution in [-0.4, -0.2) is 59.2 Å². The lowest BCUT2D eigenvalue weighted by molar-refractivity contribution is 0.0322. The van der Waals surface area contributed by atoms with Gasteiger partial charge in [-0.15, -0.1) is 11.8 Å². The van der Waals surface area contributed by atoms with Gasteiger partial charge in [-0.2, -0.15) is 0 Å². The summed E-state index contributed by atoms with van der Waals surface area (Å²) in [4.78, 5) is 6.29. The Morgan fingerprint density at radius 1 is 1.11 bits per heavy atom. The molecule has 2 aromatic carbocycles. The number of nitrogens with zero attached hydrogens (tertiary/aromatic N) is 2. The van der Waals surface area contributed by atoms with Crippen molar-refractivity contribution in [1.82, 2.24) is 9.88 Å². The third-order valence-corrected chi connectivity index (χ3v) is 8.55. The number of rotatable bonds is 11. The summed E-state index contributed by atoms with van der Waals surface area (Å²) in [5.41, 5.74) is 1.02. The molecule has 0 bridgehead atoms. The van der Waals surface area contributed by atoms with Crippen molar-refractivity contribution in [2.45, 2.75) is 43.4 Å². The summed E-state index contributed by atoms with van der Waals surface area (Å²) >= 11 is 1.01. The first-order valence-corrected chi connectivity index (χ1v) is 13.6. The maximum absolute atomic E-state index is 15.7. The van der Waals surface area contributed by atoms with E-state index in [2.05, 4.69) is 9.88 Å². The summed E-state index contributed by atoms with van der Waals surface area (Å²) in [5.74, 6) is -1.75. The van der Waals surface area contributed by atoms with Crippen LogP contribution in [0.15, 0.2) is 41.4 Å². The molecule has 1 fully saturated rings. The van der Waals surface area contributed by atoms with Crippen LogP contribution in [0.2, 0.25) is 0 Å². The normalized spacial score (nSPS) is 16.6. The molecule has 1 aromatic heterocycles. The van der Waals surface area contributed by atoms with Gasteiger partial charge >= 0.3 is 0 Å². The van der Waals surface area contributed by atoms with E-state index in [1.165, 1.54) is 13.3 Å². The molecule has 0 amide bonds. The van der Waals surface area contributed by atoms with Crippen LogP contribution in [0.4, 0.5) is 17.6 Å². The number of hydrogen-bond acceptors (Lipinski definition) is 6. The molecule has 38 heavy (non-hydrogen) atoms. The van der Waals surface area contributed by atoms with Crippen molar-refractivity contribution < 1.29 is 32.5 Å². The summed E-state index contributed by atoms with van der Waals surface area (Å²) in [6, 6.07) is 6.59. The predicted octanol–water partition coefficient (Wildman–Crippen LogP) is 5.81. The molecule has 2 heterocycles. The molecule has 0 aliphatic carbocycles. The van der Waals surface area contributed by atoms with E-state index < -0.39 is 29.0 Å². The third-order valence-electron chi connectivity index (χ3n) is 7.48. The molecule has 1 saturated heterocycles. The SMILES string of the molecule is COc1ccc2ncc(CO)c(C(F)CCC3(CO)CCN(CCSc4c(F)cc(F)cc4F)CC3)c2c1. The molecule has 3 aromatic rings. The Balaban J connectivity index is 1.35. The van der Waals surface area contributed by atoms with E-state index in [1.54, 1.807) is 18.2 Å². The summed E-state index contributed by atoms with van der Waals surface area (Å²) < 4.78 is 61.9. The molecule has 0 saturated carbocycles. The molecule has 1 unspecified atom stereocenters. The lowest BCUT2D eigenvalue weighted by atomic mass is 9.74. The summed E-state index contributed by atoms with van der Waals surface area (Å²) in [7, 11) is 1.53. The highest BCUT2D eigenvalue weighted by molar-refractivity contribution is 7.99. The smallest absolute Gasteiger partial charge is 0.142 e. The Morgan fingerprint density at radius 2 is 1.82 bits per heavy atom. The Labute approximate surface area is 223 Å². The van der Waals surface area contributed by atoms with Gasteiger partial charge in [-0.25, -0.2) is 17.6 Å². The Morgan fingerprint density at radius 3 is 2.45 bits per heavy atom. The quantitative estimate of drug-likeness (QED) is 0.231. The zero-order valence-electron chi connectivity index (χ0n) is 21.2. The van der Waals surface area contributed by atoms with E-state index >= 15 is 4.39 Å². The standard InChI is InChI=1S/C28H32F4N2O3S/c1-37-20-2-3-25-21(14-20)26(18(16-35)15-33-25)22(30)4-5-28(17-36)6-8-34(9-7-28)10-11-38-27-23(31)12-19(29)13-24(27)32/h2-3,12-15,22,35-36H,4-11,16-17H2,1H3. The number of hydrogen-bond donors (Lipinski definition) is 2. The van der Waals surface area contributed by atoms with Crippen LogP contribution >= 0.6 is 11.8 Å². The number of halogens is 4. The first-order valence-electron chi connectivity index (χ1n) is 12.6. The molecule has 0 spiro atoms. The topological polar surface area (TPSA) is 65.8 Å². The highest BCUT2D eigenvalue weighted by atomic mass is 32.2. The van der Waals surface area contributed by atoms with Crippen molar-refractivity contribution in [1.29, 1.82) is 0 Å². The average molecular weight is 553 g/mol.